The Morgan fingerprint density at radius 1 is 0.690 bits per heavy atom. The SMILES string of the molecule is CC(C)(C)CC(=O)CC(=O)[O-].CC(C)(C)CC(=O)CC(=O)[O-].CC[O][Zr+2][O]CC. The van der Waals surface area contributed by atoms with E-state index in [0.717, 1.165) is 13.2 Å². The van der Waals surface area contributed by atoms with Gasteiger partial charge in [0.1, 0.15) is 11.6 Å². The Balaban J connectivity index is -0.000000360. The van der Waals surface area contributed by atoms with Crippen LogP contribution in [-0.4, -0.2) is 36.7 Å². The molecule has 168 valence electrons. The first-order valence-corrected chi connectivity index (χ1v) is 11.5. The average molecular weight is 496 g/mol. The van der Waals surface area contributed by atoms with E-state index in [4.69, 9.17) is 5.63 Å². The molecule has 0 saturated heterocycles. The molecule has 0 atom stereocenters. The van der Waals surface area contributed by atoms with E-state index in [-0.39, 0.29) is 22.4 Å². The maximum absolute atomic E-state index is 10.8. The number of aliphatic carboxylic acids is 2. The van der Waals surface area contributed by atoms with Crippen LogP contribution in [0.2, 0.25) is 0 Å². The van der Waals surface area contributed by atoms with Gasteiger partial charge >= 0.3 is 56.8 Å². The molecule has 29 heavy (non-hydrogen) atoms. The zero-order valence-electron chi connectivity index (χ0n) is 19.0. The molecular formula is C20H36O8Zr. The van der Waals surface area contributed by atoms with E-state index in [0.29, 0.717) is 12.8 Å². The van der Waals surface area contributed by atoms with Gasteiger partial charge in [-0.2, -0.15) is 0 Å². The molecule has 0 bridgehead atoms. The summed E-state index contributed by atoms with van der Waals surface area (Å²) >= 11 is -0.819. The molecule has 0 aromatic heterocycles. The molecule has 0 aliphatic carbocycles. The van der Waals surface area contributed by atoms with Crippen molar-refractivity contribution in [2.75, 3.05) is 13.2 Å². The van der Waals surface area contributed by atoms with Gasteiger partial charge in [0.2, 0.25) is 0 Å². The van der Waals surface area contributed by atoms with Crippen molar-refractivity contribution in [3.8, 4) is 0 Å². The van der Waals surface area contributed by atoms with Gasteiger partial charge in [0.25, 0.3) is 0 Å². The Hall–Kier alpha value is -0.917. The molecule has 0 aliphatic rings. The molecule has 9 heteroatoms. The van der Waals surface area contributed by atoms with Gasteiger partial charge in [-0.05, 0) is 10.8 Å². The molecule has 0 spiro atoms. The van der Waals surface area contributed by atoms with E-state index in [1.165, 1.54) is 0 Å². The van der Waals surface area contributed by atoms with Gasteiger partial charge in [-0.15, -0.1) is 0 Å². The topological polar surface area (TPSA) is 133 Å². The van der Waals surface area contributed by atoms with E-state index in [2.05, 4.69) is 0 Å². The number of ketones is 2. The molecular weight excluding hydrogens is 459 g/mol. The second-order valence-corrected chi connectivity index (χ2v) is 10.4. The molecule has 0 unspecified atom stereocenters. The quantitative estimate of drug-likeness (QED) is 0.326. The number of carbonyl (C=O) groups excluding carboxylic acids is 4. The fraction of sp³-hybridized carbons (Fsp3) is 0.800. The molecule has 0 heterocycles. The zero-order valence-corrected chi connectivity index (χ0v) is 21.5. The van der Waals surface area contributed by atoms with Crippen LogP contribution >= 0.6 is 0 Å². The molecule has 0 rings (SSSR count). The minimum atomic E-state index is -1.29. The Morgan fingerprint density at radius 3 is 1.14 bits per heavy atom. The minimum absolute atomic E-state index is 0.132. The van der Waals surface area contributed by atoms with E-state index in [9.17, 15) is 29.4 Å². The molecule has 0 saturated carbocycles. The second kappa shape index (κ2) is 17.9. The van der Waals surface area contributed by atoms with E-state index in [1.54, 1.807) is 0 Å². The Kier molecular flexibility index (Phi) is 20.2. The van der Waals surface area contributed by atoms with Crippen molar-refractivity contribution >= 4 is 23.5 Å². The zero-order chi connectivity index (χ0) is 23.7. The summed E-state index contributed by atoms with van der Waals surface area (Å²) in [7, 11) is 0. The first-order chi connectivity index (χ1) is 13.0. The fourth-order valence-corrected chi connectivity index (χ4v) is 2.57. The van der Waals surface area contributed by atoms with Gasteiger partial charge in [-0.25, -0.2) is 0 Å². The Morgan fingerprint density at radius 2 is 0.966 bits per heavy atom. The predicted molar refractivity (Wildman–Crippen MR) is 101 cm³/mol. The standard InChI is InChI=1S/2C8H14O3.2C2H5O.Zr/c2*1-8(2,3)5-6(9)4-7(10)11;2*1-2-3;/h2*4-5H2,1-3H3,(H,10,11);2*2H2,1H3;/q;;2*-1;+4/p-2. The van der Waals surface area contributed by atoms with Crippen LogP contribution in [0.4, 0.5) is 0 Å². The van der Waals surface area contributed by atoms with E-state index in [1.807, 2.05) is 55.4 Å². The van der Waals surface area contributed by atoms with Crippen LogP contribution in [0, 0.1) is 10.8 Å². The van der Waals surface area contributed by atoms with Gasteiger partial charge < -0.3 is 19.8 Å². The van der Waals surface area contributed by atoms with Crippen molar-refractivity contribution in [1.29, 1.82) is 0 Å². The van der Waals surface area contributed by atoms with Crippen molar-refractivity contribution in [2.24, 2.45) is 10.8 Å². The molecule has 0 aromatic rings. The predicted octanol–water partition coefficient (Wildman–Crippen LogP) is 1.24. The fourth-order valence-electron chi connectivity index (χ4n) is 1.79. The van der Waals surface area contributed by atoms with Crippen molar-refractivity contribution in [3.05, 3.63) is 0 Å². The number of carboxylic acids is 2. The van der Waals surface area contributed by atoms with Crippen molar-refractivity contribution in [3.63, 3.8) is 0 Å². The summed E-state index contributed by atoms with van der Waals surface area (Å²) in [5.41, 5.74) is -0.265. The van der Waals surface area contributed by atoms with E-state index < -0.39 is 48.9 Å². The number of rotatable bonds is 10. The number of hydrogen-bond donors (Lipinski definition) is 0. The van der Waals surface area contributed by atoms with Crippen LogP contribution in [-0.2, 0) is 48.9 Å². The average Bonchev–Trinajstić information content (AvgIpc) is 2.43. The van der Waals surface area contributed by atoms with Gasteiger partial charge in [0.15, 0.2) is 0 Å². The summed E-state index contributed by atoms with van der Waals surface area (Å²) in [6, 6.07) is 0. The van der Waals surface area contributed by atoms with Crippen molar-refractivity contribution in [2.45, 2.75) is 81.1 Å². The molecule has 0 amide bonds. The Bertz CT molecular complexity index is 446. The second-order valence-electron chi connectivity index (χ2n) is 8.60. The van der Waals surface area contributed by atoms with Crippen LogP contribution in [0.5, 0.6) is 0 Å². The summed E-state index contributed by atoms with van der Waals surface area (Å²) in [6.45, 7) is 16.9. The summed E-state index contributed by atoms with van der Waals surface area (Å²) in [5, 5.41) is 19.9. The third-order valence-electron chi connectivity index (χ3n) is 2.54. The van der Waals surface area contributed by atoms with Gasteiger partial charge in [-0.3, -0.25) is 9.59 Å². The number of Topliss-reactive ketones (excluding diaryl/α,β-unsaturated/α-hetero) is 2. The molecule has 0 aliphatic heterocycles. The summed E-state index contributed by atoms with van der Waals surface area (Å²) < 4.78 is 10.0. The Labute approximate surface area is 187 Å². The van der Waals surface area contributed by atoms with Crippen LogP contribution in [0.3, 0.4) is 0 Å². The van der Waals surface area contributed by atoms with Crippen LogP contribution in [0.15, 0.2) is 0 Å². The molecule has 0 aromatic carbocycles. The molecule has 0 fully saturated rings. The number of hydrogen-bond acceptors (Lipinski definition) is 8. The maximum atomic E-state index is 10.8. The van der Waals surface area contributed by atoms with E-state index >= 15 is 0 Å². The monoisotopic (exact) mass is 494 g/mol. The first kappa shape index (κ1) is 32.7. The third kappa shape index (κ3) is 38.3. The first-order valence-electron chi connectivity index (χ1n) is 9.45. The third-order valence-corrected chi connectivity index (χ3v) is 4.54. The van der Waals surface area contributed by atoms with Crippen molar-refractivity contribution < 1.29 is 59.1 Å². The normalized spacial score (nSPS) is 10.5. The molecule has 8 nitrogen and oxygen atoms in total. The molecule has 0 N–H and O–H groups in total. The number of carbonyl (C=O) groups is 4. The van der Waals surface area contributed by atoms with Gasteiger partial charge in [0, 0.05) is 37.6 Å². The van der Waals surface area contributed by atoms with Crippen LogP contribution in [0.25, 0.3) is 0 Å². The summed E-state index contributed by atoms with van der Waals surface area (Å²) in [4.78, 5) is 41.6. The number of carboxylic acid groups (broad SMARTS) is 2. The molecule has 0 radical (unpaired) electrons. The van der Waals surface area contributed by atoms with Crippen LogP contribution in [0.1, 0.15) is 81.1 Å². The van der Waals surface area contributed by atoms with Crippen molar-refractivity contribution in [1.82, 2.24) is 0 Å². The van der Waals surface area contributed by atoms with Gasteiger partial charge in [-0.1, -0.05) is 41.5 Å². The van der Waals surface area contributed by atoms with Crippen LogP contribution < -0.4 is 10.2 Å². The summed E-state index contributed by atoms with van der Waals surface area (Å²) in [6.07, 6.45) is -0.337. The summed E-state index contributed by atoms with van der Waals surface area (Å²) in [5.74, 6) is -3.12. The van der Waals surface area contributed by atoms with Gasteiger partial charge in [0.05, 0.1) is 0 Å².